The molecule has 21 heavy (non-hydrogen) atoms. The number of rotatable bonds is 6. The molecule has 0 saturated heterocycles. The van der Waals surface area contributed by atoms with Gasteiger partial charge in [-0.25, -0.2) is 0 Å². The molecule has 0 aromatic carbocycles. The number of nitrogens with one attached hydrogen (secondary N) is 2. The van der Waals surface area contributed by atoms with Crippen LogP contribution in [0.25, 0.3) is 0 Å². The number of hydrogen-bond donors (Lipinski definition) is 2. The average Bonchev–Trinajstić information content (AvgIpc) is 3.16. The Labute approximate surface area is 123 Å². The van der Waals surface area contributed by atoms with Gasteiger partial charge in [0.25, 0.3) is 0 Å². The van der Waals surface area contributed by atoms with Crippen molar-refractivity contribution in [2.45, 2.75) is 39.8 Å². The molecular weight excluding hydrogens is 270 g/mol. The molecule has 0 amide bonds. The Hall–Kier alpha value is -2.31. The molecule has 7 nitrogen and oxygen atoms in total. The van der Waals surface area contributed by atoms with Crippen molar-refractivity contribution in [3.63, 3.8) is 0 Å². The molecule has 0 radical (unpaired) electrons. The highest BCUT2D eigenvalue weighted by atomic mass is 16.5. The van der Waals surface area contributed by atoms with E-state index in [9.17, 15) is 0 Å². The van der Waals surface area contributed by atoms with E-state index < -0.39 is 0 Å². The van der Waals surface area contributed by atoms with E-state index >= 15 is 0 Å². The first-order valence-corrected chi connectivity index (χ1v) is 7.08. The lowest BCUT2D eigenvalue weighted by Gasteiger charge is -2.11. The monoisotopic (exact) mass is 291 g/mol. The normalized spacial score (nSPS) is 11.7. The Morgan fingerprint density at radius 3 is 2.62 bits per heavy atom. The zero-order chi connectivity index (χ0) is 15.1. The topological polar surface area (TPSA) is 88.5 Å². The molecule has 114 valence electrons. The Kier molecular flexibility index (Phi) is 5.36. The van der Waals surface area contributed by atoms with Gasteiger partial charge in [-0.05, 0) is 6.42 Å². The number of hydrogen-bond acceptors (Lipinski definition) is 5. The van der Waals surface area contributed by atoms with Crippen molar-refractivity contribution in [1.82, 2.24) is 20.9 Å². The molecule has 0 bridgehead atoms. The maximum Gasteiger partial charge on any atom is 0.191 e. The summed E-state index contributed by atoms with van der Waals surface area (Å²) in [7, 11) is 1.73. The molecule has 2 heterocycles. The van der Waals surface area contributed by atoms with Gasteiger partial charge < -0.3 is 19.7 Å². The molecular formula is C14H21N5O2. The van der Waals surface area contributed by atoms with Gasteiger partial charge in [0.2, 0.25) is 0 Å². The number of aryl methyl sites for hydroxylation is 2. The van der Waals surface area contributed by atoms with Gasteiger partial charge in [0.1, 0.15) is 17.7 Å². The Balaban J connectivity index is 1.92. The van der Waals surface area contributed by atoms with Crippen molar-refractivity contribution < 1.29 is 9.05 Å². The minimum absolute atomic E-state index is 0.557. The molecule has 0 unspecified atom stereocenters. The van der Waals surface area contributed by atoms with Crippen molar-refractivity contribution in [2.24, 2.45) is 4.99 Å². The van der Waals surface area contributed by atoms with E-state index in [1.54, 1.807) is 13.3 Å². The van der Waals surface area contributed by atoms with Crippen LogP contribution in [0.15, 0.2) is 26.4 Å². The van der Waals surface area contributed by atoms with Crippen LogP contribution in [0, 0.1) is 0 Å². The fourth-order valence-corrected chi connectivity index (χ4v) is 2.03. The van der Waals surface area contributed by atoms with Crippen LogP contribution in [0.2, 0.25) is 0 Å². The molecule has 0 fully saturated rings. The van der Waals surface area contributed by atoms with Crippen molar-refractivity contribution >= 4 is 5.96 Å². The first-order chi connectivity index (χ1) is 10.3. The summed E-state index contributed by atoms with van der Waals surface area (Å²) in [6.07, 6.45) is 3.23. The molecule has 0 aliphatic carbocycles. The molecule has 2 aromatic rings. The van der Waals surface area contributed by atoms with Gasteiger partial charge in [0.15, 0.2) is 5.96 Å². The van der Waals surface area contributed by atoms with E-state index in [1.807, 2.05) is 6.07 Å². The third-order valence-corrected chi connectivity index (χ3v) is 3.19. The van der Waals surface area contributed by atoms with Gasteiger partial charge in [-0.15, -0.1) is 0 Å². The number of nitrogens with zero attached hydrogens (tertiary/aromatic N) is 3. The second-order valence-electron chi connectivity index (χ2n) is 4.51. The highest BCUT2D eigenvalue weighted by molar-refractivity contribution is 5.79. The maximum absolute atomic E-state index is 5.35. The summed E-state index contributed by atoms with van der Waals surface area (Å²) in [6, 6.07) is 1.81. The van der Waals surface area contributed by atoms with Crippen LogP contribution in [0.4, 0.5) is 0 Å². The van der Waals surface area contributed by atoms with E-state index in [0.717, 1.165) is 35.6 Å². The molecule has 0 spiro atoms. The van der Waals surface area contributed by atoms with E-state index in [0.29, 0.717) is 19.0 Å². The first-order valence-electron chi connectivity index (χ1n) is 7.08. The van der Waals surface area contributed by atoms with E-state index in [4.69, 9.17) is 9.05 Å². The lowest BCUT2D eigenvalue weighted by Crippen LogP contribution is -2.36. The Morgan fingerprint density at radius 1 is 1.19 bits per heavy atom. The number of guanidine groups is 1. The summed E-state index contributed by atoms with van der Waals surface area (Å²) in [5.74, 6) is 1.62. The van der Waals surface area contributed by atoms with Crippen LogP contribution >= 0.6 is 0 Å². The number of aromatic nitrogens is 2. The van der Waals surface area contributed by atoms with Crippen LogP contribution in [0.1, 0.15) is 36.6 Å². The van der Waals surface area contributed by atoms with Gasteiger partial charge in [-0.2, -0.15) is 0 Å². The average molecular weight is 291 g/mol. The molecule has 2 rings (SSSR count). The highest BCUT2D eigenvalue weighted by Gasteiger charge is 2.13. The van der Waals surface area contributed by atoms with Crippen LogP contribution < -0.4 is 10.6 Å². The third kappa shape index (κ3) is 3.84. The van der Waals surface area contributed by atoms with Crippen molar-refractivity contribution in [1.29, 1.82) is 0 Å². The molecule has 0 saturated carbocycles. The van der Waals surface area contributed by atoms with Crippen LogP contribution in [-0.4, -0.2) is 23.3 Å². The van der Waals surface area contributed by atoms with E-state index in [-0.39, 0.29) is 0 Å². The summed E-state index contributed by atoms with van der Waals surface area (Å²) >= 11 is 0. The lowest BCUT2D eigenvalue weighted by atomic mass is 10.1. The first kappa shape index (κ1) is 15.1. The van der Waals surface area contributed by atoms with Crippen LogP contribution in [0.5, 0.6) is 0 Å². The fraction of sp³-hybridized carbons (Fsp3) is 0.500. The Morgan fingerprint density at radius 2 is 2.00 bits per heavy atom. The van der Waals surface area contributed by atoms with Crippen molar-refractivity contribution in [3.8, 4) is 0 Å². The SMILES string of the molecule is CCc1noc(CC)c1CNC(=NC)NCc1ccon1. The summed E-state index contributed by atoms with van der Waals surface area (Å²) in [5.41, 5.74) is 2.93. The van der Waals surface area contributed by atoms with Gasteiger partial charge >= 0.3 is 0 Å². The zero-order valence-corrected chi connectivity index (χ0v) is 12.6. The Bertz CT molecular complexity index is 553. The largest absolute Gasteiger partial charge is 0.364 e. The predicted molar refractivity (Wildman–Crippen MR) is 78.8 cm³/mol. The summed E-state index contributed by atoms with van der Waals surface area (Å²) in [4.78, 5) is 4.18. The van der Waals surface area contributed by atoms with E-state index in [1.165, 1.54) is 0 Å². The molecule has 0 atom stereocenters. The summed E-state index contributed by atoms with van der Waals surface area (Å²) in [5, 5.41) is 14.4. The quantitative estimate of drug-likeness (QED) is 0.621. The highest BCUT2D eigenvalue weighted by Crippen LogP contribution is 2.15. The molecule has 2 aromatic heterocycles. The predicted octanol–water partition coefficient (Wildman–Crippen LogP) is 1.65. The third-order valence-electron chi connectivity index (χ3n) is 3.19. The van der Waals surface area contributed by atoms with Gasteiger partial charge in [-0.3, -0.25) is 4.99 Å². The van der Waals surface area contributed by atoms with Crippen molar-refractivity contribution in [3.05, 3.63) is 35.0 Å². The van der Waals surface area contributed by atoms with Gasteiger partial charge in [-0.1, -0.05) is 24.2 Å². The van der Waals surface area contributed by atoms with Crippen LogP contribution in [-0.2, 0) is 25.9 Å². The molecule has 0 aliphatic heterocycles. The summed E-state index contributed by atoms with van der Waals surface area (Å²) < 4.78 is 10.1. The minimum Gasteiger partial charge on any atom is -0.364 e. The number of aliphatic imine (C=N–C) groups is 1. The van der Waals surface area contributed by atoms with Gasteiger partial charge in [0, 0.05) is 31.6 Å². The van der Waals surface area contributed by atoms with E-state index in [2.05, 4.69) is 39.8 Å². The lowest BCUT2D eigenvalue weighted by molar-refractivity contribution is 0.380. The van der Waals surface area contributed by atoms with Crippen LogP contribution in [0.3, 0.4) is 0 Å². The van der Waals surface area contributed by atoms with Gasteiger partial charge in [0.05, 0.1) is 12.2 Å². The summed E-state index contributed by atoms with van der Waals surface area (Å²) in [6.45, 7) is 5.31. The molecule has 2 N–H and O–H groups in total. The molecule has 0 aliphatic rings. The smallest absolute Gasteiger partial charge is 0.191 e. The molecule has 7 heteroatoms. The standard InChI is InChI=1S/C14H21N5O2/c1-4-12-11(13(5-2)21-19-12)9-17-14(15-3)16-8-10-6-7-20-18-10/h6-7H,4-5,8-9H2,1-3H3,(H2,15,16,17). The maximum atomic E-state index is 5.35. The minimum atomic E-state index is 0.557. The zero-order valence-electron chi connectivity index (χ0n) is 12.6. The second kappa shape index (κ2) is 7.47. The second-order valence-corrected chi connectivity index (χ2v) is 4.51. The fourth-order valence-electron chi connectivity index (χ4n) is 2.03. The van der Waals surface area contributed by atoms with Crippen molar-refractivity contribution in [2.75, 3.05) is 7.05 Å².